The maximum absolute atomic E-state index is 12.2. The van der Waals surface area contributed by atoms with Crippen molar-refractivity contribution in [2.75, 3.05) is 19.0 Å². The predicted molar refractivity (Wildman–Crippen MR) is 101 cm³/mol. The number of hydrogen-bond donors (Lipinski definition) is 2. The van der Waals surface area contributed by atoms with Gasteiger partial charge in [0.15, 0.2) is 5.69 Å². The lowest BCUT2D eigenvalue weighted by molar-refractivity contribution is 0.0844. The summed E-state index contributed by atoms with van der Waals surface area (Å²) in [5.41, 5.74) is 7.23. The van der Waals surface area contributed by atoms with Crippen LogP contribution in [-0.4, -0.2) is 40.9 Å². The van der Waals surface area contributed by atoms with Gasteiger partial charge in [0.2, 0.25) is 0 Å². The monoisotopic (exact) mass is 364 g/mol. The minimum Gasteiger partial charge on any atom is -0.378 e. The van der Waals surface area contributed by atoms with Gasteiger partial charge in [-0.3, -0.25) is 20.4 Å². The van der Waals surface area contributed by atoms with Gasteiger partial charge in [0.1, 0.15) is 0 Å². The Hall–Kier alpha value is -3.68. The first-order valence-electron chi connectivity index (χ1n) is 8.35. The highest BCUT2D eigenvalue weighted by Gasteiger charge is 2.13. The van der Waals surface area contributed by atoms with Crippen molar-refractivity contribution in [3.05, 3.63) is 77.6 Å². The number of anilines is 1. The highest BCUT2D eigenvalue weighted by atomic mass is 16.2. The van der Waals surface area contributed by atoms with Crippen molar-refractivity contribution in [1.29, 1.82) is 0 Å². The molecule has 2 amide bonds. The molecule has 0 radical (unpaired) electrons. The van der Waals surface area contributed by atoms with Gasteiger partial charge in [-0.25, -0.2) is 4.68 Å². The van der Waals surface area contributed by atoms with Crippen LogP contribution in [0.1, 0.15) is 26.4 Å². The lowest BCUT2D eigenvalue weighted by Crippen LogP contribution is -2.41. The van der Waals surface area contributed by atoms with E-state index in [1.165, 1.54) is 6.20 Å². The maximum Gasteiger partial charge on any atom is 0.291 e. The highest BCUT2D eigenvalue weighted by Crippen LogP contribution is 2.13. The number of amides is 2. The van der Waals surface area contributed by atoms with E-state index in [2.05, 4.69) is 21.2 Å². The van der Waals surface area contributed by atoms with E-state index >= 15 is 0 Å². The molecule has 2 N–H and O–H groups in total. The van der Waals surface area contributed by atoms with Gasteiger partial charge in [-0.1, -0.05) is 41.6 Å². The van der Waals surface area contributed by atoms with Crippen molar-refractivity contribution in [3.63, 3.8) is 0 Å². The summed E-state index contributed by atoms with van der Waals surface area (Å²) in [6, 6.07) is 16.8. The molecule has 0 saturated heterocycles. The average Bonchev–Trinajstić information content (AvgIpc) is 3.15. The highest BCUT2D eigenvalue weighted by molar-refractivity contribution is 5.98. The van der Waals surface area contributed by atoms with Crippen molar-refractivity contribution in [2.24, 2.45) is 0 Å². The summed E-state index contributed by atoms with van der Waals surface area (Å²) in [4.78, 5) is 26.3. The number of hydrazine groups is 1. The van der Waals surface area contributed by atoms with Crippen LogP contribution in [0.25, 0.3) is 0 Å². The normalized spacial score (nSPS) is 10.3. The Balaban J connectivity index is 1.58. The van der Waals surface area contributed by atoms with E-state index in [1.807, 2.05) is 55.4 Å². The van der Waals surface area contributed by atoms with Crippen LogP contribution in [0.3, 0.4) is 0 Å². The van der Waals surface area contributed by atoms with Crippen LogP contribution in [0, 0.1) is 0 Å². The van der Waals surface area contributed by atoms with Gasteiger partial charge in [-0.15, -0.1) is 5.10 Å². The zero-order valence-corrected chi connectivity index (χ0v) is 15.1. The number of carbonyl (C=O) groups is 2. The first-order chi connectivity index (χ1) is 13.0. The van der Waals surface area contributed by atoms with Crippen LogP contribution >= 0.6 is 0 Å². The summed E-state index contributed by atoms with van der Waals surface area (Å²) in [6.07, 6.45) is 1.53. The topological polar surface area (TPSA) is 92.2 Å². The third kappa shape index (κ3) is 4.69. The molecule has 2 aromatic carbocycles. The number of hydrogen-bond acceptors (Lipinski definition) is 5. The number of benzene rings is 2. The third-order valence-electron chi connectivity index (χ3n) is 3.87. The third-order valence-corrected chi connectivity index (χ3v) is 3.87. The lowest BCUT2D eigenvalue weighted by atomic mass is 10.2. The van der Waals surface area contributed by atoms with Gasteiger partial charge in [0.05, 0.1) is 12.7 Å². The quantitative estimate of drug-likeness (QED) is 0.669. The van der Waals surface area contributed by atoms with Gasteiger partial charge in [0.25, 0.3) is 11.8 Å². The summed E-state index contributed by atoms with van der Waals surface area (Å²) < 4.78 is 1.56. The molecule has 0 aliphatic carbocycles. The van der Waals surface area contributed by atoms with Crippen molar-refractivity contribution >= 4 is 17.5 Å². The molecule has 0 unspecified atom stereocenters. The van der Waals surface area contributed by atoms with E-state index in [-0.39, 0.29) is 5.69 Å². The van der Waals surface area contributed by atoms with Gasteiger partial charge >= 0.3 is 0 Å². The fourth-order valence-corrected chi connectivity index (χ4v) is 2.43. The van der Waals surface area contributed by atoms with Crippen LogP contribution in [-0.2, 0) is 6.54 Å². The lowest BCUT2D eigenvalue weighted by Gasteiger charge is -2.13. The molecule has 27 heavy (non-hydrogen) atoms. The minimum atomic E-state index is -0.536. The molecule has 0 spiro atoms. The second kappa shape index (κ2) is 8.13. The van der Waals surface area contributed by atoms with E-state index < -0.39 is 11.8 Å². The molecule has 3 aromatic rings. The summed E-state index contributed by atoms with van der Waals surface area (Å²) in [5, 5.41) is 7.78. The van der Waals surface area contributed by atoms with Gasteiger partial charge in [-0.2, -0.15) is 0 Å². The van der Waals surface area contributed by atoms with Crippen LogP contribution < -0.4 is 15.8 Å². The van der Waals surface area contributed by atoms with Crippen LogP contribution in [0.15, 0.2) is 60.8 Å². The standard InChI is InChI=1S/C19H20N6O2/c1-24(2)16-10-6-9-15(11-16)18(26)21-22-19(27)17-13-25(23-20-17)12-14-7-4-3-5-8-14/h3-11,13H,12H2,1-2H3,(H,21,26)(H,22,27). The molecule has 0 saturated carbocycles. The molecule has 1 heterocycles. The minimum absolute atomic E-state index is 0.119. The van der Waals surface area contributed by atoms with Crippen molar-refractivity contribution in [3.8, 4) is 0 Å². The van der Waals surface area contributed by atoms with Gasteiger partial charge in [0, 0.05) is 25.3 Å². The first kappa shape index (κ1) is 18.1. The van der Waals surface area contributed by atoms with E-state index in [0.717, 1.165) is 11.3 Å². The largest absolute Gasteiger partial charge is 0.378 e. The molecule has 0 aliphatic heterocycles. The number of carbonyl (C=O) groups excluding carboxylic acids is 2. The molecule has 0 fully saturated rings. The van der Waals surface area contributed by atoms with E-state index in [9.17, 15) is 9.59 Å². The number of nitrogens with one attached hydrogen (secondary N) is 2. The van der Waals surface area contributed by atoms with E-state index in [1.54, 1.807) is 22.9 Å². The average molecular weight is 364 g/mol. The summed E-state index contributed by atoms with van der Waals surface area (Å²) in [6.45, 7) is 0.505. The molecular weight excluding hydrogens is 344 g/mol. The number of aromatic nitrogens is 3. The fraction of sp³-hybridized carbons (Fsp3) is 0.158. The summed E-state index contributed by atoms with van der Waals surface area (Å²) >= 11 is 0. The first-order valence-corrected chi connectivity index (χ1v) is 8.35. The smallest absolute Gasteiger partial charge is 0.291 e. The Morgan fingerprint density at radius 3 is 2.48 bits per heavy atom. The van der Waals surface area contributed by atoms with Crippen LogP contribution in [0.5, 0.6) is 0 Å². The van der Waals surface area contributed by atoms with Crippen LogP contribution in [0.2, 0.25) is 0 Å². The molecule has 1 aromatic heterocycles. The second-order valence-corrected chi connectivity index (χ2v) is 6.14. The zero-order valence-electron chi connectivity index (χ0n) is 15.1. The molecule has 8 heteroatoms. The Morgan fingerprint density at radius 1 is 1.00 bits per heavy atom. The summed E-state index contributed by atoms with van der Waals surface area (Å²) in [7, 11) is 3.77. The number of nitrogens with zero attached hydrogens (tertiary/aromatic N) is 4. The van der Waals surface area contributed by atoms with E-state index in [0.29, 0.717) is 12.1 Å². The second-order valence-electron chi connectivity index (χ2n) is 6.14. The molecule has 0 bridgehead atoms. The summed E-state index contributed by atoms with van der Waals surface area (Å²) in [5.74, 6) is -0.949. The Morgan fingerprint density at radius 2 is 1.74 bits per heavy atom. The maximum atomic E-state index is 12.2. The molecular formula is C19H20N6O2. The SMILES string of the molecule is CN(C)c1cccc(C(=O)NNC(=O)c2cn(Cc3ccccc3)nn2)c1. The van der Waals surface area contributed by atoms with Crippen molar-refractivity contribution in [2.45, 2.75) is 6.54 Å². The van der Waals surface area contributed by atoms with E-state index in [4.69, 9.17) is 0 Å². The van der Waals surface area contributed by atoms with Gasteiger partial charge < -0.3 is 4.90 Å². The molecule has 3 rings (SSSR count). The Kier molecular flexibility index (Phi) is 5.46. The fourth-order valence-electron chi connectivity index (χ4n) is 2.43. The Bertz CT molecular complexity index is 936. The van der Waals surface area contributed by atoms with Gasteiger partial charge in [-0.05, 0) is 23.8 Å². The van der Waals surface area contributed by atoms with Crippen LogP contribution in [0.4, 0.5) is 5.69 Å². The molecule has 0 aliphatic rings. The van der Waals surface area contributed by atoms with Crippen molar-refractivity contribution < 1.29 is 9.59 Å². The molecule has 8 nitrogen and oxygen atoms in total. The van der Waals surface area contributed by atoms with Crippen molar-refractivity contribution in [1.82, 2.24) is 25.8 Å². The zero-order chi connectivity index (χ0) is 19.2. The Labute approximate surface area is 156 Å². The number of rotatable bonds is 5. The molecule has 0 atom stereocenters. The molecule has 138 valence electrons. The predicted octanol–water partition coefficient (Wildman–Crippen LogP) is 1.47.